The third-order valence-corrected chi connectivity index (χ3v) is 4.75. The average molecular weight is 429 g/mol. The van der Waals surface area contributed by atoms with Crippen LogP contribution in [0.2, 0.25) is 0 Å². The van der Waals surface area contributed by atoms with Gasteiger partial charge in [-0.2, -0.15) is 0 Å². The van der Waals surface area contributed by atoms with Gasteiger partial charge in [-0.25, -0.2) is 0 Å². The zero-order valence-electron chi connectivity index (χ0n) is 19.3. The van der Waals surface area contributed by atoms with Crippen molar-refractivity contribution in [3.63, 3.8) is 0 Å². The highest BCUT2D eigenvalue weighted by Gasteiger charge is 2.19. The van der Waals surface area contributed by atoms with E-state index in [-0.39, 0.29) is 5.41 Å². The van der Waals surface area contributed by atoms with Gasteiger partial charge in [0, 0.05) is 25.2 Å². The summed E-state index contributed by atoms with van der Waals surface area (Å²) in [5.41, 5.74) is 2.70. The number of methoxy groups -OCH3 is 2. The second-order valence-electron chi connectivity index (χ2n) is 7.55. The van der Waals surface area contributed by atoms with E-state index >= 15 is 0 Å². The van der Waals surface area contributed by atoms with E-state index in [9.17, 15) is 4.79 Å². The molecule has 0 amide bonds. The van der Waals surface area contributed by atoms with Gasteiger partial charge >= 0.3 is 0 Å². The highest BCUT2D eigenvalue weighted by Crippen LogP contribution is 2.31. The maximum absolute atomic E-state index is 11.5. The van der Waals surface area contributed by atoms with Crippen LogP contribution in [0.3, 0.4) is 0 Å². The van der Waals surface area contributed by atoms with Crippen LogP contribution in [0.4, 0.5) is 0 Å². The van der Waals surface area contributed by atoms with Crippen molar-refractivity contribution in [3.8, 4) is 5.75 Å². The number of benzene rings is 1. The molecule has 5 nitrogen and oxygen atoms in total. The first-order valence-electron chi connectivity index (χ1n) is 10.4. The Bertz CT molecular complexity index is 774. The van der Waals surface area contributed by atoms with Crippen LogP contribution in [-0.2, 0) is 30.8 Å². The van der Waals surface area contributed by atoms with Crippen molar-refractivity contribution in [1.82, 2.24) is 0 Å². The quantitative estimate of drug-likeness (QED) is 0.0930. The Morgan fingerprint density at radius 1 is 1.03 bits per heavy atom. The molecule has 5 heteroatoms. The first-order chi connectivity index (χ1) is 14.9. The Labute approximate surface area is 187 Å². The lowest BCUT2D eigenvalue weighted by atomic mass is 9.82. The van der Waals surface area contributed by atoms with Gasteiger partial charge in [0.05, 0.1) is 13.2 Å². The molecule has 0 aliphatic rings. The van der Waals surface area contributed by atoms with Gasteiger partial charge in [-0.1, -0.05) is 50.3 Å². The van der Waals surface area contributed by atoms with Gasteiger partial charge in [0.1, 0.15) is 19.0 Å². The average Bonchev–Trinajstić information content (AvgIpc) is 2.76. The lowest BCUT2D eigenvalue weighted by molar-refractivity contribution is -0.108. The summed E-state index contributed by atoms with van der Waals surface area (Å²) in [5, 5.41) is 0. The van der Waals surface area contributed by atoms with Gasteiger partial charge in [0.15, 0.2) is 12.0 Å². The van der Waals surface area contributed by atoms with Crippen LogP contribution in [0.1, 0.15) is 31.4 Å². The Kier molecular flexibility index (Phi) is 12.3. The van der Waals surface area contributed by atoms with Crippen LogP contribution < -0.4 is 4.74 Å². The van der Waals surface area contributed by atoms with Crippen molar-refractivity contribution >= 4 is 6.29 Å². The Morgan fingerprint density at radius 3 is 2.35 bits per heavy atom. The van der Waals surface area contributed by atoms with E-state index in [1.54, 1.807) is 20.3 Å². The summed E-state index contributed by atoms with van der Waals surface area (Å²) in [6.07, 6.45) is 9.61. The van der Waals surface area contributed by atoms with Crippen LogP contribution in [0.5, 0.6) is 5.75 Å². The highest BCUT2D eigenvalue weighted by molar-refractivity contribution is 5.72. The molecule has 0 aromatic heterocycles. The molecule has 0 saturated heterocycles. The standard InChI is InChI=1S/C26H36O5/c1-7-9-21(25(20-27)31-18-16-29-6)13-14-26(3,4)23-11-12-24(30-17-15-28-5)22(19-23)10-8-2/h7-8,11-14,19-20H,1-2,9-10,15-18H2,3-6H3/b14-13+,25-21+. The minimum absolute atomic E-state index is 0.284. The first kappa shape index (κ1) is 26.4. The fourth-order valence-electron chi connectivity index (χ4n) is 2.92. The molecule has 1 aromatic carbocycles. The minimum Gasteiger partial charge on any atom is -0.491 e. The molecular weight excluding hydrogens is 392 g/mol. The molecule has 31 heavy (non-hydrogen) atoms. The molecule has 0 heterocycles. The summed E-state index contributed by atoms with van der Waals surface area (Å²) in [6.45, 7) is 13.7. The summed E-state index contributed by atoms with van der Waals surface area (Å²) in [6, 6.07) is 6.19. The lowest BCUT2D eigenvalue weighted by Gasteiger charge is -2.23. The van der Waals surface area contributed by atoms with E-state index in [0.717, 1.165) is 28.7 Å². The van der Waals surface area contributed by atoms with E-state index in [4.69, 9.17) is 18.9 Å². The Balaban J connectivity index is 3.17. The predicted octanol–water partition coefficient (Wildman–Crippen LogP) is 4.97. The number of ether oxygens (including phenoxy) is 4. The fourth-order valence-corrected chi connectivity index (χ4v) is 2.92. The second kappa shape index (κ2) is 14.4. The summed E-state index contributed by atoms with van der Waals surface area (Å²) >= 11 is 0. The molecule has 0 bridgehead atoms. The van der Waals surface area contributed by atoms with E-state index in [1.807, 2.05) is 18.2 Å². The monoisotopic (exact) mass is 428 g/mol. The van der Waals surface area contributed by atoms with E-state index in [0.29, 0.717) is 45.0 Å². The molecule has 0 saturated carbocycles. The number of rotatable bonds is 16. The highest BCUT2D eigenvalue weighted by atomic mass is 16.5. The molecule has 1 rings (SSSR count). The largest absolute Gasteiger partial charge is 0.491 e. The van der Waals surface area contributed by atoms with Crippen LogP contribution in [0.25, 0.3) is 0 Å². The molecule has 0 aliphatic carbocycles. The number of carbonyl (C=O) groups is 1. The van der Waals surface area contributed by atoms with Crippen molar-refractivity contribution < 1.29 is 23.7 Å². The van der Waals surface area contributed by atoms with Crippen molar-refractivity contribution in [2.75, 3.05) is 40.6 Å². The molecule has 0 spiro atoms. The summed E-state index contributed by atoms with van der Waals surface area (Å²) in [4.78, 5) is 11.5. The number of hydrogen-bond acceptors (Lipinski definition) is 5. The normalized spacial score (nSPS) is 12.4. The smallest absolute Gasteiger partial charge is 0.184 e. The molecule has 0 aliphatic heterocycles. The van der Waals surface area contributed by atoms with Gasteiger partial charge in [-0.3, -0.25) is 4.79 Å². The number of hydrogen-bond donors (Lipinski definition) is 0. The predicted molar refractivity (Wildman–Crippen MR) is 126 cm³/mol. The molecule has 1 aromatic rings. The topological polar surface area (TPSA) is 54.0 Å². The number of allylic oxidation sites excluding steroid dienone is 6. The van der Waals surface area contributed by atoms with E-state index in [1.165, 1.54) is 0 Å². The lowest BCUT2D eigenvalue weighted by Crippen LogP contribution is -2.15. The number of aldehydes is 1. The Hall–Kier alpha value is -2.63. The van der Waals surface area contributed by atoms with Gasteiger partial charge in [-0.05, 0) is 30.0 Å². The van der Waals surface area contributed by atoms with Crippen LogP contribution >= 0.6 is 0 Å². The number of carbonyl (C=O) groups excluding carboxylic acids is 1. The first-order valence-corrected chi connectivity index (χ1v) is 10.4. The van der Waals surface area contributed by atoms with Crippen molar-refractivity contribution in [1.29, 1.82) is 0 Å². The zero-order chi connectivity index (χ0) is 23.1. The third kappa shape index (κ3) is 8.95. The maximum atomic E-state index is 11.5. The summed E-state index contributed by atoms with van der Waals surface area (Å²) < 4.78 is 21.5. The molecule has 0 N–H and O–H groups in total. The molecule has 170 valence electrons. The fraction of sp³-hybridized carbons (Fsp3) is 0.423. The van der Waals surface area contributed by atoms with Gasteiger partial charge in [0.2, 0.25) is 0 Å². The third-order valence-electron chi connectivity index (χ3n) is 4.75. The van der Waals surface area contributed by atoms with E-state index < -0.39 is 0 Å². The van der Waals surface area contributed by atoms with Crippen molar-refractivity contribution in [2.24, 2.45) is 0 Å². The minimum atomic E-state index is -0.284. The molecule has 0 atom stereocenters. The summed E-state index contributed by atoms with van der Waals surface area (Å²) in [7, 11) is 3.24. The molecule has 0 fully saturated rings. The second-order valence-corrected chi connectivity index (χ2v) is 7.55. The molecular formula is C26H36O5. The van der Waals surface area contributed by atoms with Gasteiger partial charge in [0.25, 0.3) is 0 Å². The Morgan fingerprint density at radius 2 is 1.74 bits per heavy atom. The van der Waals surface area contributed by atoms with Crippen LogP contribution in [0.15, 0.2) is 67.0 Å². The van der Waals surface area contributed by atoms with Crippen molar-refractivity contribution in [2.45, 2.75) is 32.1 Å². The summed E-state index contributed by atoms with van der Waals surface area (Å²) in [5.74, 6) is 1.14. The SMILES string of the molecule is C=CCC(/C=C/C(C)(C)c1ccc(OCCOC)c(CC=C)c1)=C(/C=O)OCCOC. The van der Waals surface area contributed by atoms with Crippen molar-refractivity contribution in [3.05, 3.63) is 78.1 Å². The van der Waals surface area contributed by atoms with Gasteiger partial charge in [-0.15, -0.1) is 13.2 Å². The van der Waals surface area contributed by atoms with Gasteiger partial charge < -0.3 is 18.9 Å². The van der Waals surface area contributed by atoms with Crippen LogP contribution in [0, 0.1) is 0 Å². The molecule has 0 unspecified atom stereocenters. The van der Waals surface area contributed by atoms with E-state index in [2.05, 4.69) is 45.2 Å². The van der Waals surface area contributed by atoms with Crippen LogP contribution in [-0.4, -0.2) is 46.9 Å². The molecule has 0 radical (unpaired) electrons. The zero-order valence-corrected chi connectivity index (χ0v) is 19.3. The maximum Gasteiger partial charge on any atom is 0.184 e.